The highest BCUT2D eigenvalue weighted by molar-refractivity contribution is 5.04. The average Bonchev–Trinajstić information content (AvgIpc) is 2.02. The molecule has 0 unspecified atom stereocenters. The molecule has 11 heavy (non-hydrogen) atoms. The molecule has 1 heterocycles. The van der Waals surface area contributed by atoms with Crippen LogP contribution in [0.3, 0.4) is 0 Å². The SMILES string of the molecule is CC.Cc1ncc(=O)[nH]c1C. The summed E-state index contributed by atoms with van der Waals surface area (Å²) in [5.74, 6) is 0. The first-order valence-electron chi connectivity index (χ1n) is 3.72. The van der Waals surface area contributed by atoms with Crippen molar-refractivity contribution < 1.29 is 0 Å². The third-order valence-electron chi connectivity index (χ3n) is 1.23. The van der Waals surface area contributed by atoms with Crippen molar-refractivity contribution in [1.29, 1.82) is 0 Å². The molecule has 0 aliphatic rings. The Bertz CT molecular complexity index is 265. The second-order valence-corrected chi connectivity index (χ2v) is 1.96. The lowest BCUT2D eigenvalue weighted by Gasteiger charge is -1.93. The minimum atomic E-state index is -0.141. The molecular weight excluding hydrogens is 140 g/mol. The van der Waals surface area contributed by atoms with Crippen LogP contribution in [0.2, 0.25) is 0 Å². The molecule has 0 aliphatic heterocycles. The van der Waals surface area contributed by atoms with Gasteiger partial charge in [-0.15, -0.1) is 0 Å². The third kappa shape index (κ3) is 2.98. The van der Waals surface area contributed by atoms with Gasteiger partial charge in [0, 0.05) is 5.69 Å². The molecule has 0 radical (unpaired) electrons. The first kappa shape index (κ1) is 9.88. The van der Waals surface area contributed by atoms with Crippen molar-refractivity contribution in [1.82, 2.24) is 9.97 Å². The van der Waals surface area contributed by atoms with Crippen LogP contribution in [0.1, 0.15) is 25.2 Å². The molecule has 0 amide bonds. The van der Waals surface area contributed by atoms with Crippen LogP contribution in [-0.4, -0.2) is 9.97 Å². The molecular formula is C8H14N2O. The smallest absolute Gasteiger partial charge is 0.266 e. The summed E-state index contributed by atoms with van der Waals surface area (Å²) in [5, 5.41) is 0. The molecule has 0 aromatic carbocycles. The Kier molecular flexibility index (Phi) is 4.18. The highest BCUT2D eigenvalue weighted by atomic mass is 16.1. The largest absolute Gasteiger partial charge is 0.323 e. The Labute approximate surface area is 66.5 Å². The van der Waals surface area contributed by atoms with Crippen LogP contribution in [0.5, 0.6) is 0 Å². The predicted octanol–water partition coefficient (Wildman–Crippen LogP) is 1.41. The van der Waals surface area contributed by atoms with E-state index in [2.05, 4.69) is 9.97 Å². The number of aromatic nitrogens is 2. The number of aromatic amines is 1. The summed E-state index contributed by atoms with van der Waals surface area (Å²) >= 11 is 0. The van der Waals surface area contributed by atoms with Crippen molar-refractivity contribution in [2.45, 2.75) is 27.7 Å². The molecule has 0 bridgehead atoms. The van der Waals surface area contributed by atoms with Gasteiger partial charge in [-0.2, -0.15) is 0 Å². The van der Waals surface area contributed by atoms with Crippen molar-refractivity contribution in [3.63, 3.8) is 0 Å². The van der Waals surface area contributed by atoms with E-state index in [0.29, 0.717) is 0 Å². The molecule has 1 N–H and O–H groups in total. The maximum absolute atomic E-state index is 10.5. The molecule has 62 valence electrons. The van der Waals surface area contributed by atoms with Crippen LogP contribution in [-0.2, 0) is 0 Å². The summed E-state index contributed by atoms with van der Waals surface area (Å²) in [6.07, 6.45) is 1.28. The van der Waals surface area contributed by atoms with Crippen molar-refractivity contribution in [3.05, 3.63) is 27.9 Å². The first-order chi connectivity index (χ1) is 5.20. The molecule has 0 saturated heterocycles. The zero-order valence-corrected chi connectivity index (χ0v) is 7.43. The zero-order valence-electron chi connectivity index (χ0n) is 7.43. The predicted molar refractivity (Wildman–Crippen MR) is 45.7 cm³/mol. The van der Waals surface area contributed by atoms with Gasteiger partial charge in [0.1, 0.15) is 0 Å². The summed E-state index contributed by atoms with van der Waals surface area (Å²) in [4.78, 5) is 17.0. The van der Waals surface area contributed by atoms with Crippen LogP contribution in [0.4, 0.5) is 0 Å². The van der Waals surface area contributed by atoms with Crippen molar-refractivity contribution >= 4 is 0 Å². The minimum absolute atomic E-state index is 0.141. The van der Waals surface area contributed by atoms with E-state index in [9.17, 15) is 4.79 Å². The van der Waals surface area contributed by atoms with E-state index in [1.807, 2.05) is 27.7 Å². The van der Waals surface area contributed by atoms with E-state index in [0.717, 1.165) is 11.4 Å². The second-order valence-electron chi connectivity index (χ2n) is 1.96. The molecule has 3 nitrogen and oxygen atoms in total. The van der Waals surface area contributed by atoms with Gasteiger partial charge in [-0.25, -0.2) is 0 Å². The fraction of sp³-hybridized carbons (Fsp3) is 0.500. The van der Waals surface area contributed by atoms with Gasteiger partial charge in [-0.1, -0.05) is 13.8 Å². The van der Waals surface area contributed by atoms with Gasteiger partial charge in [0.25, 0.3) is 5.56 Å². The van der Waals surface area contributed by atoms with Gasteiger partial charge >= 0.3 is 0 Å². The van der Waals surface area contributed by atoms with E-state index < -0.39 is 0 Å². The summed E-state index contributed by atoms with van der Waals surface area (Å²) in [6.45, 7) is 7.68. The average molecular weight is 154 g/mol. The number of rotatable bonds is 0. The number of nitrogens with one attached hydrogen (secondary N) is 1. The van der Waals surface area contributed by atoms with Crippen molar-refractivity contribution in [3.8, 4) is 0 Å². The van der Waals surface area contributed by atoms with E-state index >= 15 is 0 Å². The maximum atomic E-state index is 10.5. The van der Waals surface area contributed by atoms with E-state index in [4.69, 9.17) is 0 Å². The lowest BCUT2D eigenvalue weighted by molar-refractivity contribution is 1.01. The van der Waals surface area contributed by atoms with Gasteiger partial charge in [0.2, 0.25) is 0 Å². The number of hydrogen-bond donors (Lipinski definition) is 1. The molecule has 0 saturated carbocycles. The molecule has 0 spiro atoms. The highest BCUT2D eigenvalue weighted by Gasteiger charge is 1.90. The summed E-state index contributed by atoms with van der Waals surface area (Å²) in [7, 11) is 0. The first-order valence-corrected chi connectivity index (χ1v) is 3.72. The molecule has 1 rings (SSSR count). The van der Waals surface area contributed by atoms with Crippen molar-refractivity contribution in [2.24, 2.45) is 0 Å². The van der Waals surface area contributed by atoms with Crippen LogP contribution >= 0.6 is 0 Å². The van der Waals surface area contributed by atoms with Gasteiger partial charge in [-0.05, 0) is 13.8 Å². The second kappa shape index (κ2) is 4.66. The zero-order chi connectivity index (χ0) is 8.85. The monoisotopic (exact) mass is 154 g/mol. The highest BCUT2D eigenvalue weighted by Crippen LogP contribution is 1.90. The minimum Gasteiger partial charge on any atom is -0.323 e. The maximum Gasteiger partial charge on any atom is 0.266 e. The fourth-order valence-corrected chi connectivity index (χ4v) is 0.560. The standard InChI is InChI=1S/C6H8N2O.C2H6/c1-4-5(2)8-6(9)3-7-4;1-2/h3H,1-2H3,(H,8,9);1-2H3. The molecule has 3 heteroatoms. The molecule has 0 atom stereocenters. The van der Waals surface area contributed by atoms with E-state index in [1.165, 1.54) is 6.20 Å². The quantitative estimate of drug-likeness (QED) is 0.614. The topological polar surface area (TPSA) is 45.8 Å². The van der Waals surface area contributed by atoms with Crippen LogP contribution in [0.25, 0.3) is 0 Å². The number of aryl methyl sites for hydroxylation is 2. The van der Waals surface area contributed by atoms with Crippen LogP contribution in [0, 0.1) is 13.8 Å². The summed E-state index contributed by atoms with van der Waals surface area (Å²) in [6, 6.07) is 0. The molecule has 1 aromatic rings. The Morgan fingerprint density at radius 2 is 1.91 bits per heavy atom. The summed E-state index contributed by atoms with van der Waals surface area (Å²) < 4.78 is 0. The Balaban J connectivity index is 0.000000461. The number of hydrogen-bond acceptors (Lipinski definition) is 2. The third-order valence-corrected chi connectivity index (χ3v) is 1.23. The molecule has 0 aliphatic carbocycles. The van der Waals surface area contributed by atoms with Crippen molar-refractivity contribution in [2.75, 3.05) is 0 Å². The normalized spacial score (nSPS) is 8.36. The molecule has 1 aromatic heterocycles. The van der Waals surface area contributed by atoms with E-state index in [1.54, 1.807) is 0 Å². The lowest BCUT2D eigenvalue weighted by Crippen LogP contribution is -2.08. The lowest BCUT2D eigenvalue weighted by atomic mass is 10.4. The Morgan fingerprint density at radius 3 is 2.27 bits per heavy atom. The molecule has 0 fully saturated rings. The van der Waals surface area contributed by atoms with Gasteiger partial charge in [-0.3, -0.25) is 9.78 Å². The van der Waals surface area contributed by atoms with Crippen LogP contribution in [0.15, 0.2) is 11.0 Å². The number of nitrogens with zero attached hydrogens (tertiary/aromatic N) is 1. The number of H-pyrrole nitrogens is 1. The van der Waals surface area contributed by atoms with Gasteiger partial charge in [0.15, 0.2) is 0 Å². The van der Waals surface area contributed by atoms with Gasteiger partial charge in [0.05, 0.1) is 11.9 Å². The van der Waals surface area contributed by atoms with Gasteiger partial charge < -0.3 is 4.98 Å². The fourth-order valence-electron chi connectivity index (χ4n) is 0.560. The van der Waals surface area contributed by atoms with Crippen LogP contribution < -0.4 is 5.56 Å². The summed E-state index contributed by atoms with van der Waals surface area (Å²) in [5.41, 5.74) is 1.57. The Morgan fingerprint density at radius 1 is 1.36 bits per heavy atom. The van der Waals surface area contributed by atoms with E-state index in [-0.39, 0.29) is 5.56 Å². The Hall–Kier alpha value is -1.12.